The third-order valence-corrected chi connectivity index (χ3v) is 3.00. The molecule has 3 rings (SSSR count). The van der Waals surface area contributed by atoms with Crippen LogP contribution in [0.3, 0.4) is 0 Å². The van der Waals surface area contributed by atoms with Gasteiger partial charge in [-0.05, 0) is 0 Å². The summed E-state index contributed by atoms with van der Waals surface area (Å²) in [6.45, 7) is 6.11. The number of hydrogen-bond donors (Lipinski definition) is 0. The summed E-state index contributed by atoms with van der Waals surface area (Å²) in [6.07, 6.45) is 1.43. The maximum Gasteiger partial charge on any atom is 0.283 e. The molecule has 0 unspecified atom stereocenters. The van der Waals surface area contributed by atoms with E-state index in [2.05, 4.69) is 25.4 Å². The van der Waals surface area contributed by atoms with Gasteiger partial charge in [0.2, 0.25) is 5.89 Å². The summed E-state index contributed by atoms with van der Waals surface area (Å²) in [5, 5.41) is 11.5. The average Bonchev–Trinajstić information content (AvgIpc) is 3.00. The molecule has 0 spiro atoms. The Kier molecular flexibility index (Phi) is 2.85. The highest BCUT2D eigenvalue weighted by atomic mass is 16.5. The highest BCUT2D eigenvalue weighted by Gasteiger charge is 2.22. The zero-order valence-electron chi connectivity index (χ0n) is 12.2. The van der Waals surface area contributed by atoms with Gasteiger partial charge in [-0.3, -0.25) is 9.36 Å². The van der Waals surface area contributed by atoms with E-state index in [1.165, 1.54) is 15.6 Å². The first kappa shape index (κ1) is 13.4. The molecule has 0 saturated carbocycles. The molecule has 110 valence electrons. The minimum absolute atomic E-state index is 0.178. The third kappa shape index (κ3) is 2.30. The van der Waals surface area contributed by atoms with E-state index in [1.54, 1.807) is 7.05 Å². The van der Waals surface area contributed by atoms with E-state index >= 15 is 0 Å². The second-order valence-corrected chi connectivity index (χ2v) is 5.83. The maximum atomic E-state index is 12.3. The molecule has 0 radical (unpaired) electrons. The Morgan fingerprint density at radius 1 is 1.33 bits per heavy atom. The fraction of sp³-hybridized carbons (Fsp3) is 0.500. The second kappa shape index (κ2) is 4.47. The molecule has 0 aliphatic carbocycles. The Labute approximate surface area is 119 Å². The van der Waals surface area contributed by atoms with E-state index in [-0.39, 0.29) is 23.0 Å². The van der Waals surface area contributed by atoms with E-state index in [0.29, 0.717) is 17.4 Å². The molecule has 0 atom stereocenters. The lowest BCUT2D eigenvalue weighted by Gasteiger charge is -2.10. The fourth-order valence-corrected chi connectivity index (χ4v) is 1.84. The van der Waals surface area contributed by atoms with Crippen LogP contribution in [0.5, 0.6) is 0 Å². The summed E-state index contributed by atoms with van der Waals surface area (Å²) in [5.74, 6) is 0.950. The van der Waals surface area contributed by atoms with Crippen LogP contribution in [0.15, 0.2) is 15.6 Å². The van der Waals surface area contributed by atoms with E-state index < -0.39 is 0 Å². The van der Waals surface area contributed by atoms with Gasteiger partial charge in [-0.1, -0.05) is 31.1 Å². The maximum absolute atomic E-state index is 12.3. The van der Waals surface area contributed by atoms with Gasteiger partial charge in [-0.25, -0.2) is 9.67 Å². The van der Waals surface area contributed by atoms with Gasteiger partial charge in [0, 0.05) is 12.5 Å². The molecule has 0 amide bonds. The number of aromatic nitrogens is 7. The Hall–Kier alpha value is -2.58. The summed E-state index contributed by atoms with van der Waals surface area (Å²) in [5.41, 5.74) is 0.151. The SMILES string of the molecule is Cn1nnc2c(=O)n(Cc3noc(C(C)(C)C)n3)cnc21. The molecule has 0 aromatic carbocycles. The minimum Gasteiger partial charge on any atom is -0.339 e. The van der Waals surface area contributed by atoms with Crippen LogP contribution in [0.4, 0.5) is 0 Å². The number of rotatable bonds is 2. The lowest BCUT2D eigenvalue weighted by atomic mass is 9.97. The fourth-order valence-electron chi connectivity index (χ4n) is 1.84. The number of nitrogens with zero attached hydrogens (tertiary/aromatic N) is 7. The molecular formula is C12H15N7O2. The van der Waals surface area contributed by atoms with Gasteiger partial charge in [0.25, 0.3) is 5.56 Å². The van der Waals surface area contributed by atoms with Crippen LogP contribution >= 0.6 is 0 Å². The first-order valence-corrected chi connectivity index (χ1v) is 6.44. The van der Waals surface area contributed by atoms with Crippen molar-refractivity contribution in [1.82, 2.24) is 34.7 Å². The van der Waals surface area contributed by atoms with Gasteiger partial charge in [0.15, 0.2) is 17.0 Å². The molecule has 0 aliphatic heterocycles. The van der Waals surface area contributed by atoms with Crippen molar-refractivity contribution in [2.24, 2.45) is 7.05 Å². The lowest BCUT2D eigenvalue weighted by molar-refractivity contribution is 0.318. The molecular weight excluding hydrogens is 274 g/mol. The van der Waals surface area contributed by atoms with Crippen molar-refractivity contribution >= 4 is 11.2 Å². The number of aryl methyl sites for hydroxylation is 1. The van der Waals surface area contributed by atoms with Crippen LogP contribution in [-0.2, 0) is 19.0 Å². The minimum atomic E-state index is -0.282. The van der Waals surface area contributed by atoms with Crippen LogP contribution in [0.25, 0.3) is 11.2 Å². The van der Waals surface area contributed by atoms with Gasteiger partial charge < -0.3 is 4.52 Å². The van der Waals surface area contributed by atoms with Crippen molar-refractivity contribution in [3.05, 3.63) is 28.4 Å². The molecule has 0 saturated heterocycles. The summed E-state index contributed by atoms with van der Waals surface area (Å²) in [7, 11) is 1.68. The molecule has 3 heterocycles. The summed E-state index contributed by atoms with van der Waals surface area (Å²) >= 11 is 0. The topological polar surface area (TPSA) is 105 Å². The highest BCUT2D eigenvalue weighted by molar-refractivity contribution is 5.67. The van der Waals surface area contributed by atoms with Crippen molar-refractivity contribution in [2.45, 2.75) is 32.7 Å². The lowest BCUT2D eigenvalue weighted by Crippen LogP contribution is -2.22. The predicted molar refractivity (Wildman–Crippen MR) is 72.7 cm³/mol. The Bertz CT molecular complexity index is 852. The third-order valence-electron chi connectivity index (χ3n) is 3.00. The highest BCUT2D eigenvalue weighted by Crippen LogP contribution is 2.19. The van der Waals surface area contributed by atoms with Crippen LogP contribution in [0.2, 0.25) is 0 Å². The smallest absolute Gasteiger partial charge is 0.283 e. The monoisotopic (exact) mass is 289 g/mol. The van der Waals surface area contributed by atoms with Crippen LogP contribution < -0.4 is 5.56 Å². The molecule has 0 fully saturated rings. The second-order valence-electron chi connectivity index (χ2n) is 5.83. The number of fused-ring (bicyclic) bond motifs is 1. The Morgan fingerprint density at radius 2 is 2.10 bits per heavy atom. The van der Waals surface area contributed by atoms with Crippen molar-refractivity contribution in [2.75, 3.05) is 0 Å². The van der Waals surface area contributed by atoms with Gasteiger partial charge in [0.05, 0.1) is 6.54 Å². The average molecular weight is 289 g/mol. The first-order valence-electron chi connectivity index (χ1n) is 6.44. The van der Waals surface area contributed by atoms with Crippen molar-refractivity contribution in [3.8, 4) is 0 Å². The number of hydrogen-bond acceptors (Lipinski definition) is 7. The molecule has 0 aliphatic rings. The van der Waals surface area contributed by atoms with Crippen molar-refractivity contribution in [3.63, 3.8) is 0 Å². The normalized spacial score (nSPS) is 12.2. The first-order chi connectivity index (χ1) is 9.86. The quantitative estimate of drug-likeness (QED) is 0.666. The van der Waals surface area contributed by atoms with Crippen molar-refractivity contribution in [1.29, 1.82) is 0 Å². The zero-order chi connectivity index (χ0) is 15.2. The van der Waals surface area contributed by atoms with Gasteiger partial charge in [-0.15, -0.1) is 5.10 Å². The largest absolute Gasteiger partial charge is 0.339 e. The molecule has 9 nitrogen and oxygen atoms in total. The predicted octanol–water partition coefficient (Wildman–Crippen LogP) is 0.254. The van der Waals surface area contributed by atoms with E-state index in [1.807, 2.05) is 20.8 Å². The van der Waals surface area contributed by atoms with Crippen molar-refractivity contribution < 1.29 is 4.52 Å². The molecule has 9 heteroatoms. The summed E-state index contributed by atoms with van der Waals surface area (Å²) in [6, 6.07) is 0. The Balaban J connectivity index is 1.97. The molecule has 3 aromatic heterocycles. The van der Waals surface area contributed by atoms with Gasteiger partial charge in [-0.2, -0.15) is 4.98 Å². The molecule has 3 aromatic rings. The zero-order valence-corrected chi connectivity index (χ0v) is 12.2. The van der Waals surface area contributed by atoms with E-state index in [9.17, 15) is 4.79 Å². The van der Waals surface area contributed by atoms with E-state index in [4.69, 9.17) is 4.52 Å². The summed E-state index contributed by atoms with van der Waals surface area (Å²) < 4.78 is 8.04. The van der Waals surface area contributed by atoms with Crippen LogP contribution in [-0.4, -0.2) is 34.7 Å². The van der Waals surface area contributed by atoms with Gasteiger partial charge in [0.1, 0.15) is 6.33 Å². The standard InChI is InChI=1S/C12H15N7O2/c1-12(2,3)11-14-7(16-21-11)5-19-6-13-9-8(10(19)20)15-17-18(9)4/h6H,5H2,1-4H3. The van der Waals surface area contributed by atoms with Crippen LogP contribution in [0.1, 0.15) is 32.5 Å². The van der Waals surface area contributed by atoms with E-state index in [0.717, 1.165) is 0 Å². The Morgan fingerprint density at radius 3 is 2.76 bits per heavy atom. The molecule has 0 N–H and O–H groups in total. The molecule has 21 heavy (non-hydrogen) atoms. The van der Waals surface area contributed by atoms with Crippen LogP contribution in [0, 0.1) is 0 Å². The van der Waals surface area contributed by atoms with Gasteiger partial charge >= 0.3 is 0 Å². The molecule has 0 bridgehead atoms. The summed E-state index contributed by atoms with van der Waals surface area (Å²) in [4.78, 5) is 20.7.